The number of benzene rings is 2. The predicted molar refractivity (Wildman–Crippen MR) is 108 cm³/mol. The topological polar surface area (TPSA) is 75.7 Å². The summed E-state index contributed by atoms with van der Waals surface area (Å²) in [5, 5.41) is 0.419. The lowest BCUT2D eigenvalue weighted by atomic mass is 10.3. The van der Waals surface area contributed by atoms with Crippen molar-refractivity contribution in [3.63, 3.8) is 0 Å². The van der Waals surface area contributed by atoms with Crippen molar-refractivity contribution >= 4 is 39.3 Å². The van der Waals surface area contributed by atoms with E-state index in [1.807, 2.05) is 0 Å². The number of hydrogen-bond acceptors (Lipinski definition) is 5. The first-order valence-electron chi connectivity index (χ1n) is 8.30. The molecular formula is C18H19ClF2N2O4S2. The molecule has 0 fully saturated rings. The zero-order valence-electron chi connectivity index (χ0n) is 15.6. The maximum atomic E-state index is 14.1. The molecule has 0 bridgehead atoms. The largest absolute Gasteiger partial charge is 0.478 e. The van der Waals surface area contributed by atoms with Crippen LogP contribution < -0.4 is 9.46 Å². The molecule has 158 valence electrons. The zero-order valence-corrected chi connectivity index (χ0v) is 18.0. The van der Waals surface area contributed by atoms with Crippen LogP contribution in [0.5, 0.6) is 5.75 Å². The minimum atomic E-state index is -3.70. The van der Waals surface area contributed by atoms with Gasteiger partial charge in [0.05, 0.1) is 4.90 Å². The summed E-state index contributed by atoms with van der Waals surface area (Å²) in [7, 11) is -0.704. The molecule has 1 amide bonds. The van der Waals surface area contributed by atoms with Gasteiger partial charge in [0, 0.05) is 36.3 Å². The number of nitrogens with zero attached hydrogens (tertiary/aromatic N) is 1. The number of ether oxygens (including phenoxy) is 1. The highest BCUT2D eigenvalue weighted by Gasteiger charge is 2.16. The molecule has 11 heteroatoms. The average Bonchev–Trinajstić information content (AvgIpc) is 2.64. The summed E-state index contributed by atoms with van der Waals surface area (Å²) < 4.78 is 59.8. The zero-order chi connectivity index (χ0) is 21.6. The monoisotopic (exact) mass is 464 g/mol. The fraction of sp³-hybridized carbons (Fsp3) is 0.278. The van der Waals surface area contributed by atoms with Gasteiger partial charge in [0.2, 0.25) is 10.0 Å². The summed E-state index contributed by atoms with van der Waals surface area (Å²) in [5.74, 6) is -2.71. The Bertz CT molecular complexity index is 947. The van der Waals surface area contributed by atoms with E-state index in [9.17, 15) is 22.0 Å². The minimum absolute atomic E-state index is 0.0501. The van der Waals surface area contributed by atoms with Gasteiger partial charge in [0.1, 0.15) is 0 Å². The molecule has 0 saturated heterocycles. The molecule has 0 aliphatic carbocycles. The molecule has 0 saturated carbocycles. The van der Waals surface area contributed by atoms with E-state index < -0.39 is 39.9 Å². The molecule has 1 N–H and O–H groups in total. The van der Waals surface area contributed by atoms with Crippen LogP contribution in [-0.4, -0.2) is 52.2 Å². The lowest BCUT2D eigenvalue weighted by Crippen LogP contribution is -2.27. The SMILES string of the molecule is CN(C)C(=O)COc1c(F)cc(SCCNS(=O)(=O)c2ccc(Cl)cc2)cc1F. The Hall–Kier alpha value is -1.88. The van der Waals surface area contributed by atoms with Crippen LogP contribution in [0, 0.1) is 11.6 Å². The van der Waals surface area contributed by atoms with Gasteiger partial charge in [-0.2, -0.15) is 0 Å². The highest BCUT2D eigenvalue weighted by molar-refractivity contribution is 7.99. The Morgan fingerprint density at radius 3 is 2.31 bits per heavy atom. The van der Waals surface area contributed by atoms with Gasteiger partial charge in [-0.05, 0) is 36.4 Å². The van der Waals surface area contributed by atoms with Gasteiger partial charge in [-0.3, -0.25) is 4.79 Å². The lowest BCUT2D eigenvalue weighted by molar-refractivity contribution is -0.130. The number of thioether (sulfide) groups is 1. The number of carbonyl (C=O) groups is 1. The number of carbonyl (C=O) groups excluding carboxylic acids is 1. The highest BCUT2D eigenvalue weighted by Crippen LogP contribution is 2.28. The van der Waals surface area contributed by atoms with Crippen LogP contribution in [0.25, 0.3) is 0 Å². The van der Waals surface area contributed by atoms with Gasteiger partial charge in [0.25, 0.3) is 5.91 Å². The summed E-state index contributed by atoms with van der Waals surface area (Å²) in [6.45, 7) is -0.436. The van der Waals surface area contributed by atoms with Crippen LogP contribution in [0.1, 0.15) is 0 Å². The molecule has 0 unspecified atom stereocenters. The number of sulfonamides is 1. The van der Waals surface area contributed by atoms with E-state index in [0.29, 0.717) is 5.02 Å². The molecule has 0 aliphatic rings. The van der Waals surface area contributed by atoms with Crippen LogP contribution in [0.2, 0.25) is 5.02 Å². The number of hydrogen-bond donors (Lipinski definition) is 1. The summed E-state index contributed by atoms with van der Waals surface area (Å²) >= 11 is 6.80. The van der Waals surface area contributed by atoms with Crippen molar-refractivity contribution in [1.82, 2.24) is 9.62 Å². The number of halogens is 3. The van der Waals surface area contributed by atoms with Crippen LogP contribution in [0.4, 0.5) is 8.78 Å². The van der Waals surface area contributed by atoms with Gasteiger partial charge in [-0.25, -0.2) is 21.9 Å². The van der Waals surface area contributed by atoms with E-state index in [1.54, 1.807) is 0 Å². The maximum Gasteiger partial charge on any atom is 0.259 e. The van der Waals surface area contributed by atoms with E-state index >= 15 is 0 Å². The molecule has 0 aliphatic heterocycles. The highest BCUT2D eigenvalue weighted by atomic mass is 35.5. The second kappa shape index (κ2) is 10.2. The first kappa shape index (κ1) is 23.4. The Morgan fingerprint density at radius 2 is 1.76 bits per heavy atom. The van der Waals surface area contributed by atoms with Crippen LogP contribution >= 0.6 is 23.4 Å². The second-order valence-electron chi connectivity index (χ2n) is 5.99. The van der Waals surface area contributed by atoms with Crippen molar-refractivity contribution in [2.45, 2.75) is 9.79 Å². The summed E-state index contributed by atoms with van der Waals surface area (Å²) in [5.41, 5.74) is 0. The third-order valence-corrected chi connectivity index (χ3v) is 6.30. The number of amides is 1. The normalized spacial score (nSPS) is 11.3. The molecular weight excluding hydrogens is 446 g/mol. The minimum Gasteiger partial charge on any atom is -0.478 e. The van der Waals surface area contributed by atoms with E-state index in [4.69, 9.17) is 16.3 Å². The molecule has 29 heavy (non-hydrogen) atoms. The summed E-state index contributed by atoms with van der Waals surface area (Å²) in [6.07, 6.45) is 0. The van der Waals surface area contributed by atoms with Crippen LogP contribution in [0.3, 0.4) is 0 Å². The predicted octanol–water partition coefficient (Wildman–Crippen LogP) is 3.16. The first-order valence-corrected chi connectivity index (χ1v) is 11.1. The van der Waals surface area contributed by atoms with Crippen molar-refractivity contribution in [3.8, 4) is 5.75 Å². The number of nitrogens with one attached hydrogen (secondary N) is 1. The van der Waals surface area contributed by atoms with E-state index in [0.717, 1.165) is 23.9 Å². The van der Waals surface area contributed by atoms with Crippen molar-refractivity contribution < 1.29 is 26.7 Å². The molecule has 0 heterocycles. The Balaban J connectivity index is 1.91. The second-order valence-corrected chi connectivity index (χ2v) is 9.36. The van der Waals surface area contributed by atoms with Crippen molar-refractivity contribution in [3.05, 3.63) is 53.1 Å². The third-order valence-electron chi connectivity index (χ3n) is 3.60. The quantitative estimate of drug-likeness (QED) is 0.455. The number of likely N-dealkylation sites (N-methyl/N-ethyl adjacent to an activating group) is 1. The molecule has 2 rings (SSSR count). The van der Waals surface area contributed by atoms with Crippen LogP contribution in [-0.2, 0) is 14.8 Å². The Labute approximate surface area is 177 Å². The summed E-state index contributed by atoms with van der Waals surface area (Å²) in [6, 6.07) is 7.82. The Morgan fingerprint density at radius 1 is 1.17 bits per heavy atom. The van der Waals surface area contributed by atoms with Gasteiger partial charge >= 0.3 is 0 Å². The van der Waals surface area contributed by atoms with Crippen LogP contribution in [0.15, 0.2) is 46.2 Å². The molecule has 0 radical (unpaired) electrons. The van der Waals surface area contributed by atoms with E-state index in [-0.39, 0.29) is 22.1 Å². The lowest BCUT2D eigenvalue weighted by Gasteiger charge is -2.13. The average molecular weight is 465 g/mol. The molecule has 0 spiro atoms. The fourth-order valence-corrected chi connectivity index (χ4v) is 4.16. The van der Waals surface area contributed by atoms with Crippen molar-refractivity contribution in [1.29, 1.82) is 0 Å². The molecule has 6 nitrogen and oxygen atoms in total. The first-order chi connectivity index (χ1) is 13.6. The smallest absolute Gasteiger partial charge is 0.259 e. The molecule has 2 aromatic carbocycles. The maximum absolute atomic E-state index is 14.1. The molecule has 0 aromatic heterocycles. The fourth-order valence-electron chi connectivity index (χ4n) is 2.06. The van der Waals surface area contributed by atoms with E-state index in [2.05, 4.69) is 4.72 Å². The Kier molecular flexibility index (Phi) is 8.26. The molecule has 0 atom stereocenters. The van der Waals surface area contributed by atoms with Crippen molar-refractivity contribution in [2.24, 2.45) is 0 Å². The summed E-state index contributed by atoms with van der Waals surface area (Å²) in [4.78, 5) is 13.0. The van der Waals surface area contributed by atoms with Gasteiger partial charge in [0.15, 0.2) is 24.0 Å². The van der Waals surface area contributed by atoms with Gasteiger partial charge in [-0.15, -0.1) is 11.8 Å². The molecule has 2 aromatic rings. The van der Waals surface area contributed by atoms with E-state index in [1.165, 1.54) is 43.3 Å². The third kappa shape index (κ3) is 6.84. The van der Waals surface area contributed by atoms with Gasteiger partial charge < -0.3 is 9.64 Å². The van der Waals surface area contributed by atoms with Gasteiger partial charge in [-0.1, -0.05) is 11.6 Å². The number of rotatable bonds is 9. The van der Waals surface area contributed by atoms with Crippen molar-refractivity contribution in [2.75, 3.05) is 33.0 Å². The standard InChI is InChI=1S/C18H19ClF2N2O4S2/c1-23(2)17(24)11-27-18-15(20)9-13(10-16(18)21)28-8-7-22-29(25,26)14-5-3-12(19)4-6-14/h3-6,9-10,22H,7-8,11H2,1-2H3.